The topological polar surface area (TPSA) is 91.9 Å². The summed E-state index contributed by atoms with van der Waals surface area (Å²) in [4.78, 5) is 14.0. The molecule has 102 valence electrons. The second kappa shape index (κ2) is 7.59. The van der Waals surface area contributed by atoms with Crippen LogP contribution in [0, 0.1) is 21.4 Å². The molecule has 1 unspecified atom stereocenters. The standard InChI is InChI=1S/C12H16N4O2S/c1-3-19-7-6-9(2)14-12-5-4-11(16(17)18)10(8-13)15-12/h4-5,9H,3,6-7H2,1-2H3,(H,14,15). The number of hydrogen-bond donors (Lipinski definition) is 1. The van der Waals surface area contributed by atoms with Crippen molar-refractivity contribution in [2.75, 3.05) is 16.8 Å². The summed E-state index contributed by atoms with van der Waals surface area (Å²) in [6, 6.07) is 4.79. The van der Waals surface area contributed by atoms with Crippen LogP contribution in [-0.4, -0.2) is 27.5 Å². The molecule has 0 saturated heterocycles. The molecule has 0 aromatic carbocycles. The highest BCUT2D eigenvalue weighted by Crippen LogP contribution is 2.19. The molecule has 19 heavy (non-hydrogen) atoms. The summed E-state index contributed by atoms with van der Waals surface area (Å²) in [5.74, 6) is 2.63. The molecule has 0 radical (unpaired) electrons. The Morgan fingerprint density at radius 2 is 2.37 bits per heavy atom. The maximum Gasteiger partial charge on any atom is 0.305 e. The molecule has 1 heterocycles. The van der Waals surface area contributed by atoms with E-state index in [2.05, 4.69) is 17.2 Å². The minimum absolute atomic E-state index is 0.162. The first kappa shape index (κ1) is 15.2. The zero-order chi connectivity index (χ0) is 14.3. The number of anilines is 1. The summed E-state index contributed by atoms with van der Waals surface area (Å²) in [6.45, 7) is 4.13. The van der Waals surface area contributed by atoms with E-state index < -0.39 is 4.92 Å². The normalized spacial score (nSPS) is 11.6. The summed E-state index contributed by atoms with van der Waals surface area (Å²) in [5.41, 5.74) is -0.424. The second-order valence-electron chi connectivity index (χ2n) is 3.96. The predicted octanol–water partition coefficient (Wildman–Crippen LogP) is 2.81. The van der Waals surface area contributed by atoms with Crippen molar-refractivity contribution in [3.05, 3.63) is 27.9 Å². The van der Waals surface area contributed by atoms with E-state index in [1.807, 2.05) is 18.7 Å². The molecular weight excluding hydrogens is 264 g/mol. The third-order valence-electron chi connectivity index (χ3n) is 2.47. The summed E-state index contributed by atoms with van der Waals surface area (Å²) in [5, 5.41) is 22.7. The Hall–Kier alpha value is -1.81. The maximum absolute atomic E-state index is 10.7. The number of rotatable bonds is 7. The van der Waals surface area contributed by atoms with E-state index in [1.54, 1.807) is 6.07 Å². The number of hydrogen-bond acceptors (Lipinski definition) is 6. The molecule has 0 spiro atoms. The Bertz CT molecular complexity index is 487. The fraction of sp³-hybridized carbons (Fsp3) is 0.500. The monoisotopic (exact) mass is 280 g/mol. The van der Waals surface area contributed by atoms with Crippen molar-refractivity contribution in [2.45, 2.75) is 26.3 Å². The van der Waals surface area contributed by atoms with E-state index in [1.165, 1.54) is 12.1 Å². The van der Waals surface area contributed by atoms with Gasteiger partial charge in [-0.15, -0.1) is 0 Å². The Kier molecular flexibility index (Phi) is 6.09. The van der Waals surface area contributed by atoms with Gasteiger partial charge in [-0.3, -0.25) is 10.1 Å². The molecule has 1 aromatic heterocycles. The molecule has 0 saturated carbocycles. The summed E-state index contributed by atoms with van der Waals surface area (Å²) < 4.78 is 0. The Balaban J connectivity index is 2.70. The first-order valence-electron chi connectivity index (χ1n) is 5.98. The zero-order valence-corrected chi connectivity index (χ0v) is 11.7. The predicted molar refractivity (Wildman–Crippen MR) is 76.3 cm³/mol. The van der Waals surface area contributed by atoms with Crippen molar-refractivity contribution in [1.29, 1.82) is 5.26 Å². The van der Waals surface area contributed by atoms with E-state index in [0.717, 1.165) is 17.9 Å². The average molecular weight is 280 g/mol. The first-order valence-corrected chi connectivity index (χ1v) is 7.13. The van der Waals surface area contributed by atoms with Gasteiger partial charge in [-0.1, -0.05) is 6.92 Å². The Morgan fingerprint density at radius 1 is 1.63 bits per heavy atom. The summed E-state index contributed by atoms with van der Waals surface area (Å²) in [7, 11) is 0. The van der Waals surface area contributed by atoms with Crippen LogP contribution in [0.15, 0.2) is 12.1 Å². The van der Waals surface area contributed by atoms with Crippen LogP contribution in [0.3, 0.4) is 0 Å². The molecule has 1 rings (SSSR count). The SMILES string of the molecule is CCSCCC(C)Nc1ccc([N+](=O)[O-])c(C#N)n1. The van der Waals surface area contributed by atoms with Gasteiger partial charge >= 0.3 is 5.69 Å². The Labute approximate surface area is 116 Å². The highest BCUT2D eigenvalue weighted by Gasteiger charge is 2.16. The van der Waals surface area contributed by atoms with Crippen LogP contribution in [0.1, 0.15) is 26.0 Å². The number of pyridine rings is 1. The lowest BCUT2D eigenvalue weighted by Crippen LogP contribution is -2.17. The van der Waals surface area contributed by atoms with E-state index >= 15 is 0 Å². The van der Waals surface area contributed by atoms with Gasteiger partial charge in [0.05, 0.1) is 4.92 Å². The van der Waals surface area contributed by atoms with Crippen molar-refractivity contribution in [2.24, 2.45) is 0 Å². The third-order valence-corrected chi connectivity index (χ3v) is 3.40. The van der Waals surface area contributed by atoms with Crippen molar-refractivity contribution in [3.8, 4) is 6.07 Å². The molecule has 0 aliphatic rings. The fourth-order valence-electron chi connectivity index (χ4n) is 1.49. The van der Waals surface area contributed by atoms with Crippen LogP contribution in [0.5, 0.6) is 0 Å². The van der Waals surface area contributed by atoms with E-state index in [-0.39, 0.29) is 17.4 Å². The average Bonchev–Trinajstić information content (AvgIpc) is 2.38. The lowest BCUT2D eigenvalue weighted by atomic mass is 10.2. The molecular formula is C12H16N4O2S. The number of nitrogens with one attached hydrogen (secondary N) is 1. The third kappa shape index (κ3) is 4.75. The molecule has 0 aliphatic carbocycles. The van der Waals surface area contributed by atoms with E-state index in [9.17, 15) is 10.1 Å². The van der Waals surface area contributed by atoms with E-state index in [4.69, 9.17) is 5.26 Å². The van der Waals surface area contributed by atoms with Crippen LogP contribution in [0.25, 0.3) is 0 Å². The van der Waals surface area contributed by atoms with Gasteiger partial charge in [0.25, 0.3) is 0 Å². The van der Waals surface area contributed by atoms with Gasteiger partial charge in [-0.2, -0.15) is 17.0 Å². The maximum atomic E-state index is 10.7. The number of nitrogens with zero attached hydrogens (tertiary/aromatic N) is 3. The van der Waals surface area contributed by atoms with Crippen molar-refractivity contribution in [1.82, 2.24) is 4.98 Å². The molecule has 1 aromatic rings. The molecule has 0 fully saturated rings. The van der Waals surface area contributed by atoms with Crippen molar-refractivity contribution in [3.63, 3.8) is 0 Å². The number of thioether (sulfide) groups is 1. The van der Waals surface area contributed by atoms with Gasteiger partial charge in [-0.05, 0) is 30.9 Å². The van der Waals surface area contributed by atoms with Crippen LogP contribution in [0.4, 0.5) is 11.5 Å². The summed E-state index contributed by atoms with van der Waals surface area (Å²) in [6.07, 6.45) is 0.971. The molecule has 7 heteroatoms. The van der Waals surface area contributed by atoms with Gasteiger partial charge < -0.3 is 5.32 Å². The molecule has 0 aliphatic heterocycles. The molecule has 1 atom stereocenters. The molecule has 0 amide bonds. The molecule has 6 nitrogen and oxygen atoms in total. The lowest BCUT2D eigenvalue weighted by molar-refractivity contribution is -0.385. The first-order chi connectivity index (χ1) is 9.08. The number of nitro groups is 1. The van der Waals surface area contributed by atoms with Crippen LogP contribution in [-0.2, 0) is 0 Å². The number of aromatic nitrogens is 1. The Morgan fingerprint density at radius 3 is 2.95 bits per heavy atom. The van der Waals surface area contributed by atoms with Crippen LogP contribution >= 0.6 is 11.8 Å². The molecule has 1 N–H and O–H groups in total. The lowest BCUT2D eigenvalue weighted by Gasteiger charge is -2.13. The highest BCUT2D eigenvalue weighted by atomic mass is 32.2. The second-order valence-corrected chi connectivity index (χ2v) is 5.36. The minimum Gasteiger partial charge on any atom is -0.368 e. The highest BCUT2D eigenvalue weighted by molar-refractivity contribution is 7.99. The van der Waals surface area contributed by atoms with Gasteiger partial charge in [0.15, 0.2) is 0 Å². The van der Waals surface area contributed by atoms with Gasteiger partial charge in [0.1, 0.15) is 11.9 Å². The van der Waals surface area contributed by atoms with E-state index in [0.29, 0.717) is 5.82 Å². The van der Waals surface area contributed by atoms with Crippen LogP contribution < -0.4 is 5.32 Å². The largest absolute Gasteiger partial charge is 0.368 e. The van der Waals surface area contributed by atoms with Crippen molar-refractivity contribution >= 4 is 23.3 Å². The van der Waals surface area contributed by atoms with Crippen molar-refractivity contribution < 1.29 is 4.92 Å². The number of nitriles is 1. The van der Waals surface area contributed by atoms with Gasteiger partial charge in [0.2, 0.25) is 5.69 Å². The fourth-order valence-corrected chi connectivity index (χ4v) is 2.30. The van der Waals surface area contributed by atoms with Gasteiger partial charge in [-0.25, -0.2) is 4.98 Å². The summed E-state index contributed by atoms with van der Waals surface area (Å²) >= 11 is 1.86. The molecule has 0 bridgehead atoms. The zero-order valence-electron chi connectivity index (χ0n) is 10.9. The van der Waals surface area contributed by atoms with Gasteiger partial charge in [0, 0.05) is 12.1 Å². The smallest absolute Gasteiger partial charge is 0.305 e. The quantitative estimate of drug-likeness (QED) is 0.469. The van der Waals surface area contributed by atoms with Crippen LogP contribution in [0.2, 0.25) is 0 Å². The minimum atomic E-state index is -0.601.